The molecule has 0 aliphatic carbocycles. The first kappa shape index (κ1) is 22.3. The second kappa shape index (κ2) is 9.72. The fraction of sp³-hybridized carbons (Fsp3) is 0.333. The van der Waals surface area contributed by atoms with Gasteiger partial charge in [0.05, 0.1) is 11.9 Å². The Balaban J connectivity index is 1.49. The van der Waals surface area contributed by atoms with Gasteiger partial charge in [0, 0.05) is 25.2 Å². The van der Waals surface area contributed by atoms with E-state index in [9.17, 15) is 14.4 Å². The van der Waals surface area contributed by atoms with Crippen LogP contribution in [0.1, 0.15) is 43.6 Å². The third kappa shape index (κ3) is 4.97. The number of furan rings is 1. The molecule has 0 radical (unpaired) electrons. The molecule has 1 aliphatic heterocycles. The van der Waals surface area contributed by atoms with E-state index < -0.39 is 24.0 Å². The maximum Gasteiger partial charge on any atom is 0.303 e. The molecular weight excluding hydrogens is 424 g/mol. The highest BCUT2D eigenvalue weighted by atomic mass is 16.5. The van der Waals surface area contributed by atoms with Crippen LogP contribution >= 0.6 is 0 Å². The number of esters is 1. The van der Waals surface area contributed by atoms with E-state index in [1.165, 1.54) is 11.8 Å². The highest BCUT2D eigenvalue weighted by molar-refractivity contribution is 5.91. The van der Waals surface area contributed by atoms with Crippen molar-refractivity contribution in [2.75, 3.05) is 12.3 Å². The maximum absolute atomic E-state index is 13.4. The van der Waals surface area contributed by atoms with Gasteiger partial charge in [0.2, 0.25) is 12.0 Å². The molecule has 4 rings (SSSR count). The van der Waals surface area contributed by atoms with Crippen molar-refractivity contribution in [2.45, 2.75) is 44.9 Å². The molecule has 3 heterocycles. The maximum atomic E-state index is 13.4. The Morgan fingerprint density at radius 3 is 2.76 bits per heavy atom. The van der Waals surface area contributed by atoms with Crippen LogP contribution in [0.15, 0.2) is 53.1 Å². The van der Waals surface area contributed by atoms with Crippen molar-refractivity contribution in [3.8, 4) is 0 Å². The number of ether oxygens (including phenoxy) is 1. The number of hydrogen-bond donors (Lipinski definition) is 2. The average Bonchev–Trinajstić information content (AvgIpc) is 3.25. The Morgan fingerprint density at radius 1 is 1.24 bits per heavy atom. The Kier molecular flexibility index (Phi) is 6.58. The number of benzene rings is 1. The number of amides is 2. The van der Waals surface area contributed by atoms with Gasteiger partial charge in [0.1, 0.15) is 23.2 Å². The quantitative estimate of drug-likeness (QED) is 0.553. The second-order valence-electron chi connectivity index (χ2n) is 7.98. The normalized spacial score (nSPS) is 16.9. The molecule has 1 aliphatic rings. The highest BCUT2D eigenvalue weighted by Crippen LogP contribution is 2.26. The minimum atomic E-state index is -1.09. The molecule has 9 heteroatoms. The number of nitrogens with zero attached hydrogens (tertiary/aromatic N) is 2. The molecule has 1 aromatic carbocycles. The zero-order chi connectivity index (χ0) is 23.4. The lowest BCUT2D eigenvalue weighted by molar-refractivity contribution is -0.162. The fourth-order valence-electron chi connectivity index (χ4n) is 4.09. The number of rotatable bonds is 6. The summed E-state index contributed by atoms with van der Waals surface area (Å²) in [5, 5.41) is 3.54. The molecule has 172 valence electrons. The standard InChI is InChI=1S/C24H26N4O5/c1-15(29)32-21(16-7-3-2-4-8-16)24(31)28-12-6-5-9-19(28)23(30)27-14-17-13-18-20(33-17)10-11-26-22(18)25/h2-4,7-8,10-11,13,19,21H,5-6,9,12,14H2,1H3,(H2,25,26)(H,27,30)/t19-,21-/m0/s1. The fourth-order valence-corrected chi connectivity index (χ4v) is 4.09. The summed E-state index contributed by atoms with van der Waals surface area (Å²) in [5.74, 6) is -0.360. The lowest BCUT2D eigenvalue weighted by Gasteiger charge is -2.36. The Labute approximate surface area is 190 Å². The van der Waals surface area contributed by atoms with Crippen LogP contribution in [0.3, 0.4) is 0 Å². The summed E-state index contributed by atoms with van der Waals surface area (Å²) >= 11 is 0. The summed E-state index contributed by atoms with van der Waals surface area (Å²) in [5.41, 5.74) is 7.02. The Morgan fingerprint density at radius 2 is 2.03 bits per heavy atom. The van der Waals surface area contributed by atoms with Crippen molar-refractivity contribution in [2.24, 2.45) is 0 Å². The summed E-state index contributed by atoms with van der Waals surface area (Å²) in [6, 6.07) is 11.6. The van der Waals surface area contributed by atoms with Crippen molar-refractivity contribution in [3.63, 3.8) is 0 Å². The van der Waals surface area contributed by atoms with Crippen LogP contribution < -0.4 is 11.1 Å². The molecule has 1 saturated heterocycles. The van der Waals surface area contributed by atoms with Gasteiger partial charge >= 0.3 is 5.97 Å². The number of fused-ring (bicyclic) bond motifs is 1. The minimum absolute atomic E-state index is 0.150. The molecule has 0 unspecified atom stereocenters. The third-order valence-corrected chi connectivity index (χ3v) is 5.66. The zero-order valence-corrected chi connectivity index (χ0v) is 18.3. The van der Waals surface area contributed by atoms with E-state index in [1.807, 2.05) is 6.07 Å². The molecule has 33 heavy (non-hydrogen) atoms. The molecule has 0 bridgehead atoms. The number of carbonyl (C=O) groups is 3. The first-order valence-electron chi connectivity index (χ1n) is 10.9. The number of hydrogen-bond acceptors (Lipinski definition) is 7. The van der Waals surface area contributed by atoms with Gasteiger partial charge in [-0.1, -0.05) is 30.3 Å². The van der Waals surface area contributed by atoms with Crippen molar-refractivity contribution in [3.05, 3.63) is 60.0 Å². The lowest BCUT2D eigenvalue weighted by atomic mass is 9.99. The Bertz CT molecular complexity index is 1160. The van der Waals surface area contributed by atoms with Crippen LogP contribution in [0, 0.1) is 0 Å². The molecule has 0 saturated carbocycles. The number of nitrogen functional groups attached to an aromatic ring is 1. The molecule has 9 nitrogen and oxygen atoms in total. The summed E-state index contributed by atoms with van der Waals surface area (Å²) in [4.78, 5) is 43.7. The van der Waals surface area contributed by atoms with Gasteiger partial charge in [-0.15, -0.1) is 0 Å². The molecule has 0 spiro atoms. The van der Waals surface area contributed by atoms with Crippen molar-refractivity contribution in [1.82, 2.24) is 15.2 Å². The molecular formula is C24H26N4O5. The van der Waals surface area contributed by atoms with E-state index in [2.05, 4.69) is 10.3 Å². The molecule has 2 amide bonds. The molecule has 3 aromatic rings. The average molecular weight is 450 g/mol. The van der Waals surface area contributed by atoms with Gasteiger partial charge < -0.3 is 25.1 Å². The first-order chi connectivity index (χ1) is 15.9. The zero-order valence-electron chi connectivity index (χ0n) is 18.3. The number of pyridine rings is 1. The third-order valence-electron chi connectivity index (χ3n) is 5.66. The summed E-state index contributed by atoms with van der Waals surface area (Å²) < 4.78 is 11.1. The number of nitrogens with two attached hydrogens (primary N) is 1. The second-order valence-corrected chi connectivity index (χ2v) is 7.98. The highest BCUT2D eigenvalue weighted by Gasteiger charge is 2.37. The van der Waals surface area contributed by atoms with Gasteiger partial charge in [-0.2, -0.15) is 0 Å². The largest absolute Gasteiger partial charge is 0.459 e. The van der Waals surface area contributed by atoms with E-state index in [0.29, 0.717) is 41.1 Å². The number of nitrogens with one attached hydrogen (secondary N) is 1. The number of anilines is 1. The SMILES string of the molecule is CC(=O)O[C@H](C(=O)N1CCCC[C@H]1C(=O)NCc1cc2c(N)nccc2o1)c1ccccc1. The number of piperidine rings is 1. The summed E-state index contributed by atoms with van der Waals surface area (Å²) in [6.07, 6.45) is 2.57. The van der Waals surface area contributed by atoms with E-state index in [1.54, 1.807) is 42.6 Å². The number of aromatic nitrogens is 1. The van der Waals surface area contributed by atoms with Crippen molar-refractivity contribution < 1.29 is 23.5 Å². The smallest absolute Gasteiger partial charge is 0.303 e. The van der Waals surface area contributed by atoms with E-state index >= 15 is 0 Å². The number of likely N-dealkylation sites (tertiary alicyclic amines) is 1. The van der Waals surface area contributed by atoms with E-state index in [0.717, 1.165) is 12.8 Å². The predicted octanol–water partition coefficient (Wildman–Crippen LogP) is 2.71. The molecule has 2 atom stereocenters. The van der Waals surface area contributed by atoms with Gasteiger partial charge in [-0.05, 0) is 31.4 Å². The van der Waals surface area contributed by atoms with Gasteiger partial charge in [-0.25, -0.2) is 4.98 Å². The van der Waals surface area contributed by atoms with Crippen LogP contribution in [0.5, 0.6) is 0 Å². The molecule has 3 N–H and O–H groups in total. The van der Waals surface area contributed by atoms with Gasteiger partial charge in [0.25, 0.3) is 5.91 Å². The van der Waals surface area contributed by atoms with E-state index in [4.69, 9.17) is 14.9 Å². The summed E-state index contributed by atoms with van der Waals surface area (Å²) in [6.45, 7) is 1.82. The van der Waals surface area contributed by atoms with Crippen LogP contribution in [0.25, 0.3) is 11.0 Å². The van der Waals surface area contributed by atoms with Crippen LogP contribution in [-0.2, 0) is 25.7 Å². The van der Waals surface area contributed by atoms with Crippen LogP contribution in [0.2, 0.25) is 0 Å². The van der Waals surface area contributed by atoms with Gasteiger partial charge in [-0.3, -0.25) is 14.4 Å². The molecule has 2 aromatic heterocycles. The van der Waals surface area contributed by atoms with E-state index in [-0.39, 0.29) is 12.5 Å². The van der Waals surface area contributed by atoms with Crippen LogP contribution in [-0.4, -0.2) is 40.3 Å². The monoisotopic (exact) mass is 450 g/mol. The lowest BCUT2D eigenvalue weighted by Crippen LogP contribution is -2.53. The Hall–Kier alpha value is -3.88. The van der Waals surface area contributed by atoms with Crippen LogP contribution in [0.4, 0.5) is 5.82 Å². The van der Waals surface area contributed by atoms with Crippen molar-refractivity contribution >= 4 is 34.6 Å². The first-order valence-corrected chi connectivity index (χ1v) is 10.9. The van der Waals surface area contributed by atoms with Gasteiger partial charge in [0.15, 0.2) is 0 Å². The summed E-state index contributed by atoms with van der Waals surface area (Å²) in [7, 11) is 0. The predicted molar refractivity (Wildman–Crippen MR) is 121 cm³/mol. The molecule has 1 fully saturated rings. The number of carbonyl (C=O) groups excluding carboxylic acids is 3. The topological polar surface area (TPSA) is 128 Å². The minimum Gasteiger partial charge on any atom is -0.459 e. The van der Waals surface area contributed by atoms with Crippen molar-refractivity contribution in [1.29, 1.82) is 0 Å².